The van der Waals surface area contributed by atoms with E-state index in [4.69, 9.17) is 9.47 Å². The van der Waals surface area contributed by atoms with Gasteiger partial charge in [-0.2, -0.15) is 11.3 Å². The second-order valence-corrected chi connectivity index (χ2v) is 8.14. The van der Waals surface area contributed by atoms with E-state index in [2.05, 4.69) is 21.7 Å². The zero-order valence-corrected chi connectivity index (χ0v) is 14.2. The number of rotatable bonds is 5. The molecule has 0 bridgehead atoms. The van der Waals surface area contributed by atoms with E-state index in [0.29, 0.717) is 6.10 Å². The maximum absolute atomic E-state index is 6.21. The molecule has 3 aliphatic rings. The number of hydrogen-bond acceptors (Lipinski definition) is 4. The predicted octanol–water partition coefficient (Wildman–Crippen LogP) is 3.69. The van der Waals surface area contributed by atoms with E-state index >= 15 is 0 Å². The highest BCUT2D eigenvalue weighted by Crippen LogP contribution is 2.38. The second-order valence-electron chi connectivity index (χ2n) is 7.36. The predicted molar refractivity (Wildman–Crippen MR) is 89.2 cm³/mol. The number of ether oxygens (including phenoxy) is 2. The fourth-order valence-electron chi connectivity index (χ4n) is 3.95. The highest BCUT2D eigenvalue weighted by atomic mass is 32.1. The monoisotopic (exact) mass is 321 g/mol. The summed E-state index contributed by atoms with van der Waals surface area (Å²) in [6, 6.07) is 2.24. The van der Waals surface area contributed by atoms with Gasteiger partial charge in [-0.05, 0) is 54.0 Å². The van der Waals surface area contributed by atoms with Gasteiger partial charge in [-0.3, -0.25) is 4.90 Å². The molecule has 3 fully saturated rings. The molecule has 0 amide bonds. The Kier molecular flexibility index (Phi) is 4.54. The van der Waals surface area contributed by atoms with Crippen LogP contribution < -0.4 is 0 Å². The number of thiophene rings is 1. The van der Waals surface area contributed by atoms with Gasteiger partial charge in [0.2, 0.25) is 0 Å². The summed E-state index contributed by atoms with van der Waals surface area (Å²) in [7, 11) is 0. The highest BCUT2D eigenvalue weighted by Gasteiger charge is 2.43. The molecule has 4 heteroatoms. The molecule has 1 saturated carbocycles. The van der Waals surface area contributed by atoms with Gasteiger partial charge >= 0.3 is 0 Å². The minimum absolute atomic E-state index is 0.120. The first kappa shape index (κ1) is 15.1. The summed E-state index contributed by atoms with van der Waals surface area (Å²) >= 11 is 1.79. The first-order valence-corrected chi connectivity index (χ1v) is 9.75. The molecule has 1 aromatic heterocycles. The molecule has 0 aromatic carbocycles. The summed E-state index contributed by atoms with van der Waals surface area (Å²) < 4.78 is 12.3. The van der Waals surface area contributed by atoms with Crippen LogP contribution in [-0.2, 0) is 16.0 Å². The van der Waals surface area contributed by atoms with Gasteiger partial charge in [-0.1, -0.05) is 6.42 Å². The van der Waals surface area contributed by atoms with Crippen LogP contribution in [0.25, 0.3) is 0 Å². The Balaban J connectivity index is 1.22. The van der Waals surface area contributed by atoms with Gasteiger partial charge in [0, 0.05) is 32.7 Å². The van der Waals surface area contributed by atoms with Gasteiger partial charge in [0.05, 0.1) is 18.3 Å². The van der Waals surface area contributed by atoms with Crippen LogP contribution in [0, 0.1) is 5.92 Å². The highest BCUT2D eigenvalue weighted by molar-refractivity contribution is 7.07. The van der Waals surface area contributed by atoms with Crippen LogP contribution in [0.1, 0.15) is 44.1 Å². The first-order valence-electron chi connectivity index (χ1n) is 8.80. The number of likely N-dealkylation sites (tertiary alicyclic amines) is 1. The van der Waals surface area contributed by atoms with Crippen molar-refractivity contribution in [3.8, 4) is 0 Å². The summed E-state index contributed by atoms with van der Waals surface area (Å²) in [4.78, 5) is 2.57. The van der Waals surface area contributed by atoms with Crippen LogP contribution in [0.5, 0.6) is 0 Å². The number of hydrogen-bond donors (Lipinski definition) is 0. The lowest BCUT2D eigenvalue weighted by Gasteiger charge is -2.38. The third-order valence-electron chi connectivity index (χ3n) is 5.72. The first-order chi connectivity index (χ1) is 10.8. The second kappa shape index (κ2) is 6.60. The molecule has 0 N–H and O–H groups in total. The van der Waals surface area contributed by atoms with E-state index in [-0.39, 0.29) is 5.60 Å². The maximum atomic E-state index is 6.21. The topological polar surface area (TPSA) is 21.7 Å². The van der Waals surface area contributed by atoms with Crippen molar-refractivity contribution in [3.05, 3.63) is 22.4 Å². The molecule has 1 aromatic rings. The molecule has 2 aliphatic heterocycles. The van der Waals surface area contributed by atoms with Crippen molar-refractivity contribution < 1.29 is 9.47 Å². The average Bonchev–Trinajstić information content (AvgIpc) is 3.11. The lowest BCUT2D eigenvalue weighted by Crippen LogP contribution is -2.43. The van der Waals surface area contributed by atoms with E-state index in [1.807, 2.05) is 0 Å². The molecule has 1 spiro atoms. The molecule has 3 heterocycles. The summed E-state index contributed by atoms with van der Waals surface area (Å²) in [6.07, 6.45) is 7.95. The molecule has 22 heavy (non-hydrogen) atoms. The van der Waals surface area contributed by atoms with Crippen molar-refractivity contribution in [2.45, 2.75) is 56.8 Å². The summed E-state index contributed by atoms with van der Waals surface area (Å²) in [5.41, 5.74) is 1.57. The van der Waals surface area contributed by atoms with Crippen molar-refractivity contribution in [3.63, 3.8) is 0 Å². The molecule has 122 valence electrons. The van der Waals surface area contributed by atoms with E-state index in [9.17, 15) is 0 Å². The molecule has 2 saturated heterocycles. The Morgan fingerprint density at radius 1 is 1.32 bits per heavy atom. The summed E-state index contributed by atoms with van der Waals surface area (Å²) in [5, 5.41) is 4.44. The zero-order valence-electron chi connectivity index (χ0n) is 13.3. The minimum Gasteiger partial charge on any atom is -0.375 e. The van der Waals surface area contributed by atoms with Crippen LogP contribution in [0.2, 0.25) is 0 Å². The molecular weight excluding hydrogens is 294 g/mol. The van der Waals surface area contributed by atoms with Gasteiger partial charge in [-0.15, -0.1) is 0 Å². The third-order valence-corrected chi connectivity index (χ3v) is 6.45. The fourth-order valence-corrected chi connectivity index (χ4v) is 4.61. The SMILES string of the molecule is c1cc(CN2CCC3(CC2)CC(OCC2CCC2)CO3)cs1. The van der Waals surface area contributed by atoms with E-state index in [1.165, 1.54) is 37.7 Å². The Hall–Kier alpha value is -0.420. The smallest absolute Gasteiger partial charge is 0.0836 e. The molecule has 4 rings (SSSR count). The number of nitrogens with zero attached hydrogens (tertiary/aromatic N) is 1. The average molecular weight is 321 g/mol. The molecule has 3 nitrogen and oxygen atoms in total. The van der Waals surface area contributed by atoms with Crippen molar-refractivity contribution in [1.82, 2.24) is 4.90 Å². The van der Waals surface area contributed by atoms with Crippen LogP contribution in [0.15, 0.2) is 16.8 Å². The number of piperidine rings is 1. The lowest BCUT2D eigenvalue weighted by atomic mass is 9.86. The van der Waals surface area contributed by atoms with Crippen LogP contribution in [-0.4, -0.2) is 42.9 Å². The Labute approximate surface area is 137 Å². The molecule has 1 unspecified atom stereocenters. The van der Waals surface area contributed by atoms with Crippen molar-refractivity contribution in [2.75, 3.05) is 26.3 Å². The third kappa shape index (κ3) is 3.40. The molecular formula is C18H27NO2S. The largest absolute Gasteiger partial charge is 0.375 e. The van der Waals surface area contributed by atoms with Gasteiger partial charge in [0.25, 0.3) is 0 Å². The minimum atomic E-state index is 0.120. The maximum Gasteiger partial charge on any atom is 0.0836 e. The van der Waals surface area contributed by atoms with Crippen LogP contribution >= 0.6 is 11.3 Å². The van der Waals surface area contributed by atoms with E-state index in [0.717, 1.165) is 45.2 Å². The summed E-state index contributed by atoms with van der Waals surface area (Å²) in [6.45, 7) is 5.20. The van der Waals surface area contributed by atoms with Gasteiger partial charge in [0.15, 0.2) is 0 Å². The fraction of sp³-hybridized carbons (Fsp3) is 0.778. The molecule has 1 aliphatic carbocycles. The molecule has 1 atom stereocenters. The van der Waals surface area contributed by atoms with Crippen molar-refractivity contribution >= 4 is 11.3 Å². The van der Waals surface area contributed by atoms with Crippen LogP contribution in [0.4, 0.5) is 0 Å². The quantitative estimate of drug-likeness (QED) is 0.825. The van der Waals surface area contributed by atoms with Crippen molar-refractivity contribution in [2.24, 2.45) is 5.92 Å². The standard InChI is InChI=1S/C18H27NO2S/c1-2-15(3-1)12-20-17-10-18(21-13-17)5-7-19(8-6-18)11-16-4-9-22-14-16/h4,9,14-15,17H,1-3,5-8,10-13H2. The normalized spacial score (nSPS) is 29.0. The Morgan fingerprint density at radius 2 is 2.18 bits per heavy atom. The lowest BCUT2D eigenvalue weighted by molar-refractivity contribution is -0.0474. The Bertz CT molecular complexity index is 463. The van der Waals surface area contributed by atoms with Gasteiger partial charge in [0.1, 0.15) is 0 Å². The van der Waals surface area contributed by atoms with Gasteiger partial charge in [-0.25, -0.2) is 0 Å². The summed E-state index contributed by atoms with van der Waals surface area (Å²) in [5.74, 6) is 0.837. The zero-order chi connectivity index (χ0) is 14.8. The van der Waals surface area contributed by atoms with E-state index in [1.54, 1.807) is 11.3 Å². The Morgan fingerprint density at radius 3 is 2.86 bits per heavy atom. The van der Waals surface area contributed by atoms with E-state index < -0.39 is 0 Å². The molecule has 0 radical (unpaired) electrons. The van der Waals surface area contributed by atoms with Crippen molar-refractivity contribution in [1.29, 1.82) is 0 Å². The van der Waals surface area contributed by atoms with Crippen LogP contribution in [0.3, 0.4) is 0 Å². The van der Waals surface area contributed by atoms with Gasteiger partial charge < -0.3 is 9.47 Å².